The lowest BCUT2D eigenvalue weighted by atomic mass is 10.3. The number of carbonyl (C=O) groups is 2. The Morgan fingerprint density at radius 2 is 2.05 bits per heavy atom. The number of nitrogens with zero attached hydrogens (tertiary/aromatic N) is 3. The number of nitrogens with one attached hydrogen (secondary N) is 2. The first-order valence-corrected chi connectivity index (χ1v) is 6.17. The highest BCUT2D eigenvalue weighted by Crippen LogP contribution is 1.93. The Balaban J connectivity index is 1.78. The highest BCUT2D eigenvalue weighted by molar-refractivity contribution is 6.35. The molecule has 0 aliphatic rings. The molecular weight excluding hydrogens is 270 g/mol. The maximum Gasteiger partial charge on any atom is 0.329 e. The molecule has 0 bridgehead atoms. The van der Waals surface area contributed by atoms with Crippen LogP contribution in [0.5, 0.6) is 0 Å². The van der Waals surface area contributed by atoms with Crippen LogP contribution in [0, 0.1) is 0 Å². The minimum Gasteiger partial charge on any atom is -0.344 e. The molecule has 0 saturated carbocycles. The Kier molecular flexibility index (Phi) is 5.11. The number of pyridine rings is 2. The maximum absolute atomic E-state index is 11.5. The van der Waals surface area contributed by atoms with Gasteiger partial charge in [-0.2, -0.15) is 5.10 Å². The Morgan fingerprint density at radius 1 is 1.14 bits per heavy atom. The van der Waals surface area contributed by atoms with Crippen LogP contribution < -0.4 is 10.7 Å². The number of hydrogen-bond acceptors (Lipinski definition) is 5. The van der Waals surface area contributed by atoms with E-state index in [9.17, 15) is 9.59 Å². The molecule has 0 spiro atoms. The molecule has 7 nitrogen and oxygen atoms in total. The number of amides is 2. The average Bonchev–Trinajstić information content (AvgIpc) is 2.54. The van der Waals surface area contributed by atoms with Gasteiger partial charge >= 0.3 is 11.8 Å². The molecule has 0 atom stereocenters. The van der Waals surface area contributed by atoms with Crippen molar-refractivity contribution in [3.63, 3.8) is 0 Å². The van der Waals surface area contributed by atoms with Gasteiger partial charge in [-0.25, -0.2) is 5.43 Å². The number of aromatic nitrogens is 2. The van der Waals surface area contributed by atoms with Crippen molar-refractivity contribution >= 4 is 18.0 Å². The van der Waals surface area contributed by atoms with Crippen LogP contribution in [0.3, 0.4) is 0 Å². The average molecular weight is 283 g/mol. The lowest BCUT2D eigenvalue weighted by molar-refractivity contribution is -0.139. The van der Waals surface area contributed by atoms with Gasteiger partial charge in [-0.15, -0.1) is 0 Å². The zero-order chi connectivity index (χ0) is 14.9. The van der Waals surface area contributed by atoms with Gasteiger partial charge in [0.05, 0.1) is 11.9 Å². The van der Waals surface area contributed by atoms with Gasteiger partial charge in [0.1, 0.15) is 0 Å². The fourth-order valence-corrected chi connectivity index (χ4v) is 1.43. The standard InChI is InChI=1S/C14H13N5O2/c20-13(17-9-11-4-3-6-15-8-11)14(21)19-18-10-12-5-1-2-7-16-12/h1-8,10H,9H2,(H,17,20)(H,19,21)/b18-10+. The predicted octanol–water partition coefficient (Wildman–Crippen LogP) is 0.243. The molecular formula is C14H13N5O2. The van der Waals surface area contributed by atoms with E-state index in [4.69, 9.17) is 0 Å². The van der Waals surface area contributed by atoms with E-state index < -0.39 is 11.8 Å². The summed E-state index contributed by atoms with van der Waals surface area (Å²) in [7, 11) is 0. The van der Waals surface area contributed by atoms with Crippen molar-refractivity contribution in [3.05, 3.63) is 60.2 Å². The second-order valence-electron chi connectivity index (χ2n) is 4.00. The summed E-state index contributed by atoms with van der Waals surface area (Å²) in [5, 5.41) is 6.12. The van der Waals surface area contributed by atoms with Crippen LogP contribution in [0.25, 0.3) is 0 Å². The monoisotopic (exact) mass is 283 g/mol. The molecule has 0 aromatic carbocycles. The van der Waals surface area contributed by atoms with Crippen molar-refractivity contribution in [1.82, 2.24) is 20.7 Å². The van der Waals surface area contributed by atoms with Gasteiger partial charge in [0.15, 0.2) is 0 Å². The Morgan fingerprint density at radius 3 is 2.76 bits per heavy atom. The number of hydrogen-bond donors (Lipinski definition) is 2. The van der Waals surface area contributed by atoms with Gasteiger partial charge in [0, 0.05) is 25.1 Å². The summed E-state index contributed by atoms with van der Waals surface area (Å²) in [5.74, 6) is -1.61. The zero-order valence-electron chi connectivity index (χ0n) is 11.1. The highest BCUT2D eigenvalue weighted by Gasteiger charge is 2.11. The van der Waals surface area contributed by atoms with Crippen LogP contribution in [0.15, 0.2) is 54.0 Å². The molecule has 7 heteroatoms. The Hall–Kier alpha value is -3.09. The third kappa shape index (κ3) is 4.83. The predicted molar refractivity (Wildman–Crippen MR) is 76.1 cm³/mol. The van der Waals surface area contributed by atoms with Gasteiger partial charge in [-0.1, -0.05) is 12.1 Å². The minimum atomic E-state index is -0.842. The van der Waals surface area contributed by atoms with Crippen molar-refractivity contribution in [1.29, 1.82) is 0 Å². The molecule has 2 N–H and O–H groups in total. The van der Waals surface area contributed by atoms with Crippen molar-refractivity contribution in [2.75, 3.05) is 0 Å². The van der Waals surface area contributed by atoms with E-state index in [1.165, 1.54) is 6.21 Å². The minimum absolute atomic E-state index is 0.226. The topological polar surface area (TPSA) is 96.3 Å². The molecule has 21 heavy (non-hydrogen) atoms. The van der Waals surface area contributed by atoms with Crippen LogP contribution in [-0.4, -0.2) is 28.0 Å². The lowest BCUT2D eigenvalue weighted by Gasteiger charge is -2.03. The molecule has 0 unspecified atom stereocenters. The van der Waals surface area contributed by atoms with Crippen molar-refractivity contribution < 1.29 is 9.59 Å². The number of rotatable bonds is 4. The zero-order valence-corrected chi connectivity index (χ0v) is 11.1. The molecule has 106 valence electrons. The van der Waals surface area contributed by atoms with Gasteiger partial charge in [-0.05, 0) is 23.8 Å². The SMILES string of the molecule is O=C(NCc1cccnc1)C(=O)N/N=C/c1ccccn1. The van der Waals surface area contributed by atoms with Gasteiger partial charge in [0.2, 0.25) is 0 Å². The Bertz CT molecular complexity index is 628. The maximum atomic E-state index is 11.5. The molecule has 2 aromatic rings. The summed E-state index contributed by atoms with van der Waals surface area (Å²) >= 11 is 0. The number of carbonyl (C=O) groups excluding carboxylic acids is 2. The molecule has 0 fully saturated rings. The molecule has 0 aliphatic heterocycles. The quantitative estimate of drug-likeness (QED) is 0.477. The summed E-state index contributed by atoms with van der Waals surface area (Å²) in [6, 6.07) is 8.82. The van der Waals surface area contributed by atoms with Crippen LogP contribution in [0.2, 0.25) is 0 Å². The summed E-state index contributed by atoms with van der Waals surface area (Å²) in [4.78, 5) is 30.9. The normalized spacial score (nSPS) is 10.3. The first-order valence-electron chi connectivity index (χ1n) is 6.17. The molecule has 2 aromatic heterocycles. The van der Waals surface area contributed by atoms with E-state index in [0.29, 0.717) is 5.69 Å². The molecule has 0 saturated heterocycles. The molecule has 0 aliphatic carbocycles. The van der Waals surface area contributed by atoms with E-state index in [2.05, 4.69) is 25.8 Å². The lowest BCUT2D eigenvalue weighted by Crippen LogP contribution is -2.37. The number of hydrazone groups is 1. The fourth-order valence-electron chi connectivity index (χ4n) is 1.43. The van der Waals surface area contributed by atoms with Crippen LogP contribution in [0.4, 0.5) is 0 Å². The summed E-state index contributed by atoms with van der Waals surface area (Å²) in [6.07, 6.45) is 6.19. The second kappa shape index (κ2) is 7.49. The van der Waals surface area contributed by atoms with E-state index in [1.54, 1.807) is 48.9 Å². The van der Waals surface area contributed by atoms with Crippen LogP contribution in [-0.2, 0) is 16.1 Å². The van der Waals surface area contributed by atoms with Gasteiger partial charge in [-0.3, -0.25) is 19.6 Å². The van der Waals surface area contributed by atoms with Crippen LogP contribution in [0.1, 0.15) is 11.3 Å². The molecule has 0 radical (unpaired) electrons. The van der Waals surface area contributed by atoms with E-state index >= 15 is 0 Å². The summed E-state index contributed by atoms with van der Waals surface area (Å²) in [6.45, 7) is 0.226. The fraction of sp³-hybridized carbons (Fsp3) is 0.0714. The first kappa shape index (κ1) is 14.3. The largest absolute Gasteiger partial charge is 0.344 e. The second-order valence-corrected chi connectivity index (χ2v) is 4.00. The third-order valence-corrected chi connectivity index (χ3v) is 2.43. The molecule has 2 amide bonds. The first-order chi connectivity index (χ1) is 10.3. The third-order valence-electron chi connectivity index (χ3n) is 2.43. The van der Waals surface area contributed by atoms with Crippen LogP contribution >= 0.6 is 0 Å². The summed E-state index contributed by atoms with van der Waals surface area (Å²) in [5.41, 5.74) is 3.51. The van der Waals surface area contributed by atoms with E-state index in [1.807, 2.05) is 0 Å². The van der Waals surface area contributed by atoms with Gasteiger partial charge in [0.25, 0.3) is 0 Å². The van der Waals surface area contributed by atoms with Crippen molar-refractivity contribution in [2.24, 2.45) is 5.10 Å². The van der Waals surface area contributed by atoms with Crippen molar-refractivity contribution in [2.45, 2.75) is 6.54 Å². The van der Waals surface area contributed by atoms with E-state index in [-0.39, 0.29) is 6.54 Å². The van der Waals surface area contributed by atoms with Crippen molar-refractivity contribution in [3.8, 4) is 0 Å². The highest BCUT2D eigenvalue weighted by atomic mass is 16.2. The van der Waals surface area contributed by atoms with E-state index in [0.717, 1.165) is 5.56 Å². The Labute approximate surface area is 121 Å². The molecule has 2 heterocycles. The smallest absolute Gasteiger partial charge is 0.329 e. The molecule has 2 rings (SSSR count). The summed E-state index contributed by atoms with van der Waals surface area (Å²) < 4.78 is 0. The van der Waals surface area contributed by atoms with Gasteiger partial charge < -0.3 is 5.32 Å².